The number of rotatable bonds is 3. The van der Waals surface area contributed by atoms with Gasteiger partial charge in [-0.15, -0.1) is 0 Å². The summed E-state index contributed by atoms with van der Waals surface area (Å²) in [6.07, 6.45) is 2.60. The highest BCUT2D eigenvalue weighted by molar-refractivity contribution is 6.62. The predicted molar refractivity (Wildman–Crippen MR) is 101 cm³/mol. The van der Waals surface area contributed by atoms with Crippen molar-refractivity contribution in [2.75, 3.05) is 6.54 Å². The molecule has 1 aromatic carbocycles. The number of nitrogens with zero attached hydrogens (tertiary/aromatic N) is 1. The highest BCUT2D eigenvalue weighted by atomic mass is 16.7. The molecule has 24 heavy (non-hydrogen) atoms. The first-order valence-corrected chi connectivity index (χ1v) is 8.80. The van der Waals surface area contributed by atoms with Crippen LogP contribution < -0.4 is 11.6 Å². The second kappa shape index (κ2) is 6.45. The first-order valence-electron chi connectivity index (χ1n) is 8.80. The Labute approximate surface area is 147 Å². The van der Waals surface area contributed by atoms with E-state index in [1.807, 2.05) is 0 Å². The Morgan fingerprint density at radius 3 is 1.96 bits per heavy atom. The summed E-state index contributed by atoms with van der Waals surface area (Å²) in [5, 5.41) is 0. The van der Waals surface area contributed by atoms with Gasteiger partial charge in [0.25, 0.3) is 0 Å². The first-order chi connectivity index (χ1) is 10.6. The largest absolute Gasteiger partial charge is 0.494 e. The Morgan fingerprint density at radius 1 is 0.958 bits per heavy atom. The van der Waals surface area contributed by atoms with E-state index in [0.29, 0.717) is 5.54 Å². The molecule has 0 aliphatic carbocycles. The third-order valence-corrected chi connectivity index (χ3v) is 5.95. The monoisotopic (exact) mass is 332 g/mol. The molecule has 0 radical (unpaired) electrons. The molecule has 0 saturated carbocycles. The standard InChI is InChI=1S/C19H30BNO2.H3N/c1-17(2)12-7-13-21(17)14-15-8-10-16(11-9-15)20-22-18(3,4)19(5,6)23-20;/h8-11H,7,12-14H2,1-6H3;1H3. The van der Waals surface area contributed by atoms with Crippen molar-refractivity contribution in [2.45, 2.75) is 77.7 Å². The lowest BCUT2D eigenvalue weighted by molar-refractivity contribution is 0.00578. The normalized spacial score (nSPS) is 24.8. The highest BCUT2D eigenvalue weighted by Crippen LogP contribution is 2.36. The molecule has 5 heteroatoms. The van der Waals surface area contributed by atoms with Gasteiger partial charge in [-0.05, 0) is 72.0 Å². The van der Waals surface area contributed by atoms with E-state index in [0.717, 1.165) is 12.0 Å². The zero-order chi connectivity index (χ0) is 16.9. The minimum Gasteiger partial charge on any atom is -0.399 e. The second-order valence-electron chi connectivity index (χ2n) is 8.67. The van der Waals surface area contributed by atoms with Gasteiger partial charge in [0, 0.05) is 12.1 Å². The fraction of sp³-hybridized carbons (Fsp3) is 0.684. The highest BCUT2D eigenvalue weighted by Gasteiger charge is 2.51. The van der Waals surface area contributed by atoms with Crippen LogP contribution in [-0.2, 0) is 15.9 Å². The van der Waals surface area contributed by atoms with Crippen molar-refractivity contribution in [3.63, 3.8) is 0 Å². The molecule has 2 heterocycles. The molecule has 0 atom stereocenters. The van der Waals surface area contributed by atoms with Crippen molar-refractivity contribution in [2.24, 2.45) is 0 Å². The van der Waals surface area contributed by atoms with E-state index in [1.54, 1.807) is 0 Å². The summed E-state index contributed by atoms with van der Waals surface area (Å²) in [6.45, 7) is 15.3. The van der Waals surface area contributed by atoms with Crippen LogP contribution in [0.4, 0.5) is 0 Å². The molecule has 3 rings (SSSR count). The second-order valence-corrected chi connectivity index (χ2v) is 8.67. The lowest BCUT2D eigenvalue weighted by Crippen LogP contribution is -2.41. The Morgan fingerprint density at radius 2 is 1.50 bits per heavy atom. The maximum absolute atomic E-state index is 6.12. The van der Waals surface area contributed by atoms with Gasteiger partial charge in [-0.3, -0.25) is 4.90 Å². The quantitative estimate of drug-likeness (QED) is 0.861. The molecular formula is C19H33BN2O2. The number of likely N-dealkylation sites (tertiary alicyclic amines) is 1. The smallest absolute Gasteiger partial charge is 0.399 e. The average Bonchev–Trinajstić information content (AvgIpc) is 2.87. The van der Waals surface area contributed by atoms with Gasteiger partial charge in [-0.1, -0.05) is 24.3 Å². The Kier molecular flexibility index (Phi) is 5.23. The SMILES string of the molecule is CC1(C)CCCN1Cc1ccc(B2OC(C)(C)C(C)(C)O2)cc1.N. The van der Waals surface area contributed by atoms with Crippen molar-refractivity contribution in [1.82, 2.24) is 11.1 Å². The Bertz CT molecular complexity index is 553. The molecule has 1 aromatic rings. The lowest BCUT2D eigenvalue weighted by atomic mass is 9.79. The van der Waals surface area contributed by atoms with E-state index < -0.39 is 0 Å². The summed E-state index contributed by atoms with van der Waals surface area (Å²) in [5.74, 6) is 0. The summed E-state index contributed by atoms with van der Waals surface area (Å²) >= 11 is 0. The molecule has 2 aliphatic heterocycles. The van der Waals surface area contributed by atoms with Crippen LogP contribution in [0, 0.1) is 0 Å². The van der Waals surface area contributed by atoms with Crippen LogP contribution in [0.15, 0.2) is 24.3 Å². The summed E-state index contributed by atoms with van der Waals surface area (Å²) in [5.41, 5.74) is 2.23. The van der Waals surface area contributed by atoms with E-state index in [2.05, 4.69) is 70.7 Å². The van der Waals surface area contributed by atoms with Crippen molar-refractivity contribution in [1.29, 1.82) is 0 Å². The number of hydrogen-bond donors (Lipinski definition) is 1. The van der Waals surface area contributed by atoms with E-state index in [-0.39, 0.29) is 24.5 Å². The molecule has 2 aliphatic rings. The first kappa shape index (κ1) is 19.4. The van der Waals surface area contributed by atoms with E-state index in [1.165, 1.54) is 24.9 Å². The molecule has 4 nitrogen and oxygen atoms in total. The molecule has 0 aromatic heterocycles. The zero-order valence-electron chi connectivity index (χ0n) is 16.2. The third kappa shape index (κ3) is 3.55. The van der Waals surface area contributed by atoms with Crippen LogP contribution in [0.1, 0.15) is 59.9 Å². The van der Waals surface area contributed by atoms with Crippen molar-refractivity contribution < 1.29 is 9.31 Å². The minimum atomic E-state index is -0.282. The summed E-state index contributed by atoms with van der Waals surface area (Å²) in [4.78, 5) is 2.58. The van der Waals surface area contributed by atoms with Crippen LogP contribution in [0.3, 0.4) is 0 Å². The molecule has 0 bridgehead atoms. The molecule has 0 amide bonds. The third-order valence-electron chi connectivity index (χ3n) is 5.95. The van der Waals surface area contributed by atoms with Crippen LogP contribution in [-0.4, -0.2) is 35.3 Å². The van der Waals surface area contributed by atoms with Gasteiger partial charge in [0.15, 0.2) is 0 Å². The summed E-state index contributed by atoms with van der Waals surface area (Å²) < 4.78 is 12.2. The molecule has 0 unspecified atom stereocenters. The lowest BCUT2D eigenvalue weighted by Gasteiger charge is -2.32. The zero-order valence-corrected chi connectivity index (χ0v) is 16.2. The van der Waals surface area contributed by atoms with Gasteiger partial charge in [-0.25, -0.2) is 0 Å². The van der Waals surface area contributed by atoms with Gasteiger partial charge >= 0.3 is 7.12 Å². The Balaban J connectivity index is 0.00000208. The molecule has 0 spiro atoms. The molecule has 134 valence electrons. The molecule has 3 N–H and O–H groups in total. The fourth-order valence-corrected chi connectivity index (χ4v) is 3.44. The minimum absolute atomic E-state index is 0. The Hall–Kier alpha value is -0.875. The summed E-state index contributed by atoms with van der Waals surface area (Å²) in [6, 6.07) is 8.74. The van der Waals surface area contributed by atoms with Gasteiger partial charge in [0.05, 0.1) is 11.2 Å². The number of hydrogen-bond acceptors (Lipinski definition) is 4. The topological polar surface area (TPSA) is 56.7 Å². The molecule has 2 saturated heterocycles. The van der Waals surface area contributed by atoms with E-state index >= 15 is 0 Å². The van der Waals surface area contributed by atoms with Crippen LogP contribution in [0.2, 0.25) is 0 Å². The van der Waals surface area contributed by atoms with Crippen molar-refractivity contribution in [3.05, 3.63) is 29.8 Å². The number of benzene rings is 1. The fourth-order valence-electron chi connectivity index (χ4n) is 3.44. The van der Waals surface area contributed by atoms with Gasteiger partial charge < -0.3 is 15.5 Å². The van der Waals surface area contributed by atoms with Crippen molar-refractivity contribution in [3.8, 4) is 0 Å². The summed E-state index contributed by atoms with van der Waals surface area (Å²) in [7, 11) is -0.266. The van der Waals surface area contributed by atoms with E-state index in [4.69, 9.17) is 9.31 Å². The predicted octanol–water partition coefficient (Wildman–Crippen LogP) is 3.52. The van der Waals surface area contributed by atoms with Crippen molar-refractivity contribution >= 4 is 12.6 Å². The maximum atomic E-state index is 6.12. The van der Waals surface area contributed by atoms with E-state index in [9.17, 15) is 0 Å². The van der Waals surface area contributed by atoms with Crippen LogP contribution >= 0.6 is 0 Å². The van der Waals surface area contributed by atoms with Gasteiger partial charge in [0.2, 0.25) is 0 Å². The van der Waals surface area contributed by atoms with Gasteiger partial charge in [-0.2, -0.15) is 0 Å². The van der Waals surface area contributed by atoms with Crippen LogP contribution in [0.25, 0.3) is 0 Å². The van der Waals surface area contributed by atoms with Crippen LogP contribution in [0.5, 0.6) is 0 Å². The molecular weight excluding hydrogens is 299 g/mol. The maximum Gasteiger partial charge on any atom is 0.494 e. The average molecular weight is 332 g/mol. The van der Waals surface area contributed by atoms with Gasteiger partial charge in [0.1, 0.15) is 0 Å². The molecule has 2 fully saturated rings.